The lowest BCUT2D eigenvalue weighted by Gasteiger charge is -2.13. The normalized spacial score (nSPS) is 10.3. The zero-order valence-corrected chi connectivity index (χ0v) is 15.7. The Morgan fingerprint density at radius 3 is 2.37 bits per heavy atom. The van der Waals surface area contributed by atoms with Gasteiger partial charge in [0.05, 0.1) is 6.26 Å². The smallest absolute Gasteiger partial charge is 0.305 e. The summed E-state index contributed by atoms with van der Waals surface area (Å²) in [5, 5.41) is 3.12. The quantitative estimate of drug-likeness (QED) is 0.342. The highest BCUT2D eigenvalue weighted by atomic mass is 16.5. The lowest BCUT2D eigenvalue weighted by atomic mass is 10.3. The van der Waals surface area contributed by atoms with Gasteiger partial charge < -0.3 is 20.2 Å². The highest BCUT2D eigenvalue weighted by molar-refractivity contribution is 5.92. The molecule has 0 atom stereocenters. The standard InChI is InChI=1S/C21H18N6O3/c22-18-19(23-13-24-20(18)26-27-21(28)17-7-4-12-29-17)25-14-8-10-16(11-9-14)30-15-5-2-1-3-6-15/h1-13H,22H2,(H,27,28)(H2,23,24,25,26). The van der Waals surface area contributed by atoms with Crippen molar-refractivity contribution in [1.29, 1.82) is 0 Å². The number of aromatic nitrogens is 2. The van der Waals surface area contributed by atoms with E-state index in [0.29, 0.717) is 11.6 Å². The van der Waals surface area contributed by atoms with Crippen molar-refractivity contribution >= 4 is 28.9 Å². The highest BCUT2D eigenvalue weighted by Gasteiger charge is 2.12. The SMILES string of the molecule is Nc1c(NNC(=O)c2ccco2)ncnc1Nc1ccc(Oc2ccccc2)cc1. The molecule has 150 valence electrons. The first-order chi connectivity index (χ1) is 14.7. The van der Waals surface area contributed by atoms with Crippen LogP contribution in [-0.2, 0) is 0 Å². The van der Waals surface area contributed by atoms with E-state index >= 15 is 0 Å². The molecule has 0 aliphatic heterocycles. The molecule has 0 radical (unpaired) electrons. The van der Waals surface area contributed by atoms with Crippen molar-refractivity contribution < 1.29 is 13.9 Å². The lowest BCUT2D eigenvalue weighted by Crippen LogP contribution is -2.30. The molecule has 0 bridgehead atoms. The van der Waals surface area contributed by atoms with E-state index in [1.807, 2.05) is 54.6 Å². The van der Waals surface area contributed by atoms with Gasteiger partial charge in [-0.2, -0.15) is 0 Å². The zero-order valence-electron chi connectivity index (χ0n) is 15.7. The summed E-state index contributed by atoms with van der Waals surface area (Å²) in [4.78, 5) is 20.1. The fourth-order valence-corrected chi connectivity index (χ4v) is 2.55. The molecule has 2 aromatic heterocycles. The summed E-state index contributed by atoms with van der Waals surface area (Å²) < 4.78 is 10.8. The summed E-state index contributed by atoms with van der Waals surface area (Å²) in [7, 11) is 0. The fourth-order valence-electron chi connectivity index (χ4n) is 2.55. The molecule has 4 rings (SSSR count). The number of hydrogen-bond acceptors (Lipinski definition) is 8. The molecular weight excluding hydrogens is 384 g/mol. The first-order valence-corrected chi connectivity index (χ1v) is 8.99. The molecule has 4 aromatic rings. The third-order valence-electron chi connectivity index (χ3n) is 4.02. The van der Waals surface area contributed by atoms with Crippen molar-refractivity contribution in [2.75, 3.05) is 16.5 Å². The van der Waals surface area contributed by atoms with Crippen LogP contribution in [0, 0.1) is 0 Å². The monoisotopic (exact) mass is 402 g/mol. The number of para-hydroxylation sites is 1. The Kier molecular flexibility index (Phi) is 5.43. The van der Waals surface area contributed by atoms with Crippen LogP contribution in [0.15, 0.2) is 83.7 Å². The molecule has 0 unspecified atom stereocenters. The van der Waals surface area contributed by atoms with Crippen molar-refractivity contribution in [3.8, 4) is 11.5 Å². The van der Waals surface area contributed by atoms with Crippen LogP contribution in [-0.4, -0.2) is 15.9 Å². The molecule has 0 saturated heterocycles. The summed E-state index contributed by atoms with van der Waals surface area (Å²) in [5.74, 6) is 1.79. The maximum absolute atomic E-state index is 12.0. The number of anilines is 4. The van der Waals surface area contributed by atoms with Crippen LogP contribution in [0.5, 0.6) is 11.5 Å². The number of nitrogens with one attached hydrogen (secondary N) is 3. The number of carbonyl (C=O) groups excluding carboxylic acids is 1. The van der Waals surface area contributed by atoms with Crippen LogP contribution in [0.25, 0.3) is 0 Å². The van der Waals surface area contributed by atoms with E-state index in [9.17, 15) is 4.79 Å². The van der Waals surface area contributed by atoms with Gasteiger partial charge in [-0.25, -0.2) is 9.97 Å². The van der Waals surface area contributed by atoms with Gasteiger partial charge in [0, 0.05) is 5.69 Å². The summed E-state index contributed by atoms with van der Waals surface area (Å²) in [6, 6.07) is 20.0. The first kappa shape index (κ1) is 18.8. The van der Waals surface area contributed by atoms with Crippen LogP contribution in [0.1, 0.15) is 10.6 Å². The first-order valence-electron chi connectivity index (χ1n) is 8.99. The largest absolute Gasteiger partial charge is 0.459 e. The minimum Gasteiger partial charge on any atom is -0.459 e. The van der Waals surface area contributed by atoms with Crippen molar-refractivity contribution in [2.45, 2.75) is 0 Å². The van der Waals surface area contributed by atoms with E-state index < -0.39 is 5.91 Å². The van der Waals surface area contributed by atoms with Gasteiger partial charge in [0.25, 0.3) is 0 Å². The van der Waals surface area contributed by atoms with Crippen LogP contribution >= 0.6 is 0 Å². The van der Waals surface area contributed by atoms with Crippen LogP contribution in [0.3, 0.4) is 0 Å². The molecule has 0 spiro atoms. The number of hydrazine groups is 1. The summed E-state index contributed by atoms with van der Waals surface area (Å²) >= 11 is 0. The third kappa shape index (κ3) is 4.47. The van der Waals surface area contributed by atoms with Gasteiger partial charge in [0.1, 0.15) is 23.5 Å². The van der Waals surface area contributed by atoms with Gasteiger partial charge in [-0.15, -0.1) is 0 Å². The Morgan fingerprint density at radius 2 is 1.63 bits per heavy atom. The van der Waals surface area contributed by atoms with Gasteiger partial charge in [-0.05, 0) is 48.5 Å². The van der Waals surface area contributed by atoms with E-state index in [1.165, 1.54) is 12.6 Å². The van der Waals surface area contributed by atoms with E-state index in [4.69, 9.17) is 14.9 Å². The van der Waals surface area contributed by atoms with Crippen molar-refractivity contribution in [1.82, 2.24) is 15.4 Å². The van der Waals surface area contributed by atoms with Crippen LogP contribution in [0.2, 0.25) is 0 Å². The predicted octanol–water partition coefficient (Wildman–Crippen LogP) is 3.94. The van der Waals surface area contributed by atoms with Gasteiger partial charge in [0.15, 0.2) is 17.4 Å². The number of furan rings is 1. The number of nitrogens with zero attached hydrogens (tertiary/aromatic N) is 2. The zero-order chi connectivity index (χ0) is 20.8. The Labute approximate surface area is 171 Å². The number of nitrogen functional groups attached to an aromatic ring is 1. The van der Waals surface area contributed by atoms with Gasteiger partial charge in [0.2, 0.25) is 0 Å². The van der Waals surface area contributed by atoms with Crippen LogP contribution in [0.4, 0.5) is 23.0 Å². The molecule has 30 heavy (non-hydrogen) atoms. The molecule has 9 nitrogen and oxygen atoms in total. The minimum atomic E-state index is -0.457. The molecule has 0 aliphatic carbocycles. The number of benzene rings is 2. The van der Waals surface area contributed by atoms with Crippen LogP contribution < -0.4 is 26.6 Å². The maximum atomic E-state index is 12.0. The Bertz CT molecular complexity index is 1120. The molecule has 0 fully saturated rings. The van der Waals surface area contributed by atoms with Gasteiger partial charge >= 0.3 is 5.91 Å². The van der Waals surface area contributed by atoms with E-state index in [1.54, 1.807) is 12.1 Å². The fraction of sp³-hybridized carbons (Fsp3) is 0. The molecule has 1 amide bonds. The second-order valence-corrected chi connectivity index (χ2v) is 6.11. The summed E-state index contributed by atoms with van der Waals surface area (Å²) in [6.45, 7) is 0. The van der Waals surface area contributed by atoms with Gasteiger partial charge in [-0.3, -0.25) is 15.6 Å². The topological polar surface area (TPSA) is 127 Å². The minimum absolute atomic E-state index is 0.159. The highest BCUT2D eigenvalue weighted by Crippen LogP contribution is 2.27. The lowest BCUT2D eigenvalue weighted by molar-refractivity contribution is 0.0935. The van der Waals surface area contributed by atoms with E-state index in [2.05, 4.69) is 26.1 Å². The Hall–Kier alpha value is -4.53. The Morgan fingerprint density at radius 1 is 0.900 bits per heavy atom. The number of nitrogens with two attached hydrogens (primary N) is 1. The molecule has 0 saturated carbocycles. The van der Waals surface area contributed by atoms with E-state index in [-0.39, 0.29) is 17.3 Å². The van der Waals surface area contributed by atoms with E-state index in [0.717, 1.165) is 11.4 Å². The molecular formula is C21H18N6O3. The second-order valence-electron chi connectivity index (χ2n) is 6.11. The number of hydrogen-bond donors (Lipinski definition) is 4. The predicted molar refractivity (Wildman–Crippen MR) is 112 cm³/mol. The maximum Gasteiger partial charge on any atom is 0.305 e. The molecule has 0 aliphatic rings. The number of amides is 1. The number of carbonyl (C=O) groups is 1. The molecule has 2 heterocycles. The molecule has 9 heteroatoms. The third-order valence-corrected chi connectivity index (χ3v) is 4.02. The summed E-state index contributed by atoms with van der Waals surface area (Å²) in [6.07, 6.45) is 2.74. The van der Waals surface area contributed by atoms with Crippen molar-refractivity contribution in [3.05, 3.63) is 85.1 Å². The molecule has 5 N–H and O–H groups in total. The number of rotatable bonds is 7. The Balaban J connectivity index is 1.40. The van der Waals surface area contributed by atoms with Crippen molar-refractivity contribution in [3.63, 3.8) is 0 Å². The van der Waals surface area contributed by atoms with Crippen molar-refractivity contribution in [2.24, 2.45) is 0 Å². The average molecular weight is 402 g/mol. The number of ether oxygens (including phenoxy) is 1. The average Bonchev–Trinajstić information content (AvgIpc) is 3.31. The second kappa shape index (κ2) is 8.65. The molecule has 2 aromatic carbocycles. The summed E-state index contributed by atoms with van der Waals surface area (Å²) in [5.41, 5.74) is 12.2. The van der Waals surface area contributed by atoms with Gasteiger partial charge in [-0.1, -0.05) is 18.2 Å².